The van der Waals surface area contributed by atoms with Crippen LogP contribution in [0.5, 0.6) is 0 Å². The molecule has 3 aromatic heterocycles. The van der Waals surface area contributed by atoms with Gasteiger partial charge in [0.2, 0.25) is 5.67 Å². The van der Waals surface area contributed by atoms with Gasteiger partial charge in [0.1, 0.15) is 11.3 Å². The Morgan fingerprint density at radius 2 is 1.68 bits per heavy atom. The Morgan fingerprint density at radius 1 is 0.912 bits per heavy atom. The minimum atomic E-state index is -2.13. The maximum atomic E-state index is 17.2. The molecule has 0 amide bonds. The molecule has 0 bridgehead atoms. The van der Waals surface area contributed by atoms with Crippen molar-refractivity contribution in [3.63, 3.8) is 0 Å². The number of fused-ring (bicyclic) bond motifs is 1. The molecule has 1 atom stereocenters. The summed E-state index contributed by atoms with van der Waals surface area (Å²) in [5.74, 6) is 0. The van der Waals surface area contributed by atoms with Crippen LogP contribution in [-0.4, -0.2) is 24.5 Å². The SMILES string of the molecule is Cn1nncc1[C@@](F)(c1ccc(Cl)cc1)c1cnc2c(c1)c(-c1cccc(Cl)c1)cc(=O)n2C. The summed E-state index contributed by atoms with van der Waals surface area (Å²) in [6, 6.07) is 16.9. The van der Waals surface area contributed by atoms with E-state index in [9.17, 15) is 4.79 Å². The predicted octanol–water partition coefficient (Wildman–Crippen LogP) is 5.30. The second-order valence-electron chi connectivity index (χ2n) is 7.97. The first-order chi connectivity index (χ1) is 16.3. The molecular formula is C25H18Cl2FN5O. The summed E-state index contributed by atoms with van der Waals surface area (Å²) in [6.07, 6.45) is 2.82. The average molecular weight is 494 g/mol. The molecule has 0 aliphatic heterocycles. The highest BCUT2D eigenvalue weighted by molar-refractivity contribution is 6.31. The Balaban J connectivity index is 1.84. The Labute approximate surface area is 204 Å². The zero-order valence-electron chi connectivity index (χ0n) is 18.2. The number of hydrogen-bond acceptors (Lipinski definition) is 4. The van der Waals surface area contributed by atoms with Gasteiger partial charge in [0.15, 0.2) is 0 Å². The van der Waals surface area contributed by atoms with Crippen LogP contribution in [0.4, 0.5) is 4.39 Å². The highest BCUT2D eigenvalue weighted by Crippen LogP contribution is 2.42. The van der Waals surface area contributed by atoms with E-state index < -0.39 is 5.67 Å². The summed E-state index contributed by atoms with van der Waals surface area (Å²) >= 11 is 12.3. The van der Waals surface area contributed by atoms with Crippen molar-refractivity contribution >= 4 is 34.2 Å². The monoisotopic (exact) mass is 493 g/mol. The molecule has 34 heavy (non-hydrogen) atoms. The number of alkyl halides is 1. The lowest BCUT2D eigenvalue weighted by Crippen LogP contribution is -2.27. The smallest absolute Gasteiger partial charge is 0.252 e. The number of aromatic nitrogens is 5. The molecule has 0 unspecified atom stereocenters. The van der Waals surface area contributed by atoms with Crippen molar-refractivity contribution < 1.29 is 4.39 Å². The van der Waals surface area contributed by atoms with Gasteiger partial charge < -0.3 is 0 Å². The van der Waals surface area contributed by atoms with E-state index in [1.165, 1.54) is 27.7 Å². The van der Waals surface area contributed by atoms with Crippen LogP contribution in [-0.2, 0) is 19.8 Å². The number of halogens is 3. The Hall–Kier alpha value is -3.55. The maximum Gasteiger partial charge on any atom is 0.252 e. The highest BCUT2D eigenvalue weighted by atomic mass is 35.5. The number of aryl methyl sites for hydroxylation is 2. The molecule has 2 aromatic carbocycles. The zero-order chi connectivity index (χ0) is 24.0. The fourth-order valence-electron chi connectivity index (χ4n) is 4.15. The molecule has 0 spiro atoms. The Morgan fingerprint density at radius 3 is 2.35 bits per heavy atom. The largest absolute Gasteiger partial charge is 0.296 e. The van der Waals surface area contributed by atoms with E-state index in [0.29, 0.717) is 32.2 Å². The summed E-state index contributed by atoms with van der Waals surface area (Å²) in [7, 11) is 3.26. The fraction of sp³-hybridized carbons (Fsp3) is 0.120. The lowest BCUT2D eigenvalue weighted by Gasteiger charge is -2.26. The van der Waals surface area contributed by atoms with Gasteiger partial charge in [-0.25, -0.2) is 14.1 Å². The van der Waals surface area contributed by atoms with Crippen LogP contribution in [0, 0.1) is 0 Å². The van der Waals surface area contributed by atoms with Crippen molar-refractivity contribution in [3.05, 3.63) is 110 Å². The van der Waals surface area contributed by atoms with E-state index in [1.54, 1.807) is 62.6 Å². The van der Waals surface area contributed by atoms with Crippen LogP contribution in [0.15, 0.2) is 77.9 Å². The molecule has 9 heteroatoms. The van der Waals surface area contributed by atoms with E-state index in [-0.39, 0.29) is 16.8 Å². The van der Waals surface area contributed by atoms with E-state index in [1.807, 2.05) is 6.07 Å². The van der Waals surface area contributed by atoms with E-state index in [2.05, 4.69) is 15.3 Å². The van der Waals surface area contributed by atoms with Crippen LogP contribution in [0.25, 0.3) is 22.2 Å². The number of nitrogens with zero attached hydrogens (tertiary/aromatic N) is 5. The van der Waals surface area contributed by atoms with Gasteiger partial charge in [-0.1, -0.05) is 52.7 Å². The molecule has 0 aliphatic carbocycles. The standard InChI is InChI=1S/C25H18Cl2FN5O/c1-32-23(34)12-20(15-4-3-5-19(27)10-15)21-11-17(13-29-24(21)32)25(28,22-14-30-31-33(22)2)16-6-8-18(26)9-7-16/h3-14H,1-2H3/t25-/m1/s1. The predicted molar refractivity (Wildman–Crippen MR) is 131 cm³/mol. The summed E-state index contributed by atoms with van der Waals surface area (Å²) in [5.41, 5.74) is 0.224. The Bertz CT molecular complexity index is 1600. The van der Waals surface area contributed by atoms with Crippen molar-refractivity contribution in [1.82, 2.24) is 24.5 Å². The second kappa shape index (κ2) is 8.34. The average Bonchev–Trinajstić information content (AvgIpc) is 3.27. The minimum absolute atomic E-state index is 0.227. The molecule has 5 aromatic rings. The molecule has 0 saturated carbocycles. The van der Waals surface area contributed by atoms with Crippen molar-refractivity contribution in [3.8, 4) is 11.1 Å². The van der Waals surface area contributed by atoms with Crippen LogP contribution >= 0.6 is 23.2 Å². The van der Waals surface area contributed by atoms with Crippen molar-refractivity contribution in [2.24, 2.45) is 14.1 Å². The first kappa shape index (κ1) is 22.3. The number of pyridine rings is 2. The lowest BCUT2D eigenvalue weighted by molar-refractivity contribution is 0.263. The van der Waals surface area contributed by atoms with E-state index >= 15 is 4.39 Å². The van der Waals surface area contributed by atoms with Crippen LogP contribution in [0.1, 0.15) is 16.8 Å². The van der Waals surface area contributed by atoms with E-state index in [0.717, 1.165) is 5.56 Å². The summed E-state index contributed by atoms with van der Waals surface area (Å²) < 4.78 is 20.1. The fourth-order valence-corrected chi connectivity index (χ4v) is 4.47. The first-order valence-electron chi connectivity index (χ1n) is 10.4. The molecule has 5 rings (SSSR count). The molecule has 0 aliphatic rings. The molecule has 3 heterocycles. The first-order valence-corrected chi connectivity index (χ1v) is 11.1. The summed E-state index contributed by atoms with van der Waals surface area (Å²) in [4.78, 5) is 17.2. The summed E-state index contributed by atoms with van der Waals surface area (Å²) in [5, 5.41) is 9.44. The molecule has 0 N–H and O–H groups in total. The van der Waals surface area contributed by atoms with E-state index in [4.69, 9.17) is 23.2 Å². The van der Waals surface area contributed by atoms with Gasteiger partial charge in [-0.05, 0) is 47.0 Å². The van der Waals surface area contributed by atoms with Gasteiger partial charge in [-0.15, -0.1) is 5.10 Å². The minimum Gasteiger partial charge on any atom is -0.296 e. The van der Waals surface area contributed by atoms with Crippen LogP contribution in [0.2, 0.25) is 10.0 Å². The normalized spacial score (nSPS) is 13.2. The zero-order valence-corrected chi connectivity index (χ0v) is 19.7. The highest BCUT2D eigenvalue weighted by Gasteiger charge is 2.40. The molecule has 0 radical (unpaired) electrons. The van der Waals surface area contributed by atoms with Crippen molar-refractivity contribution in [2.75, 3.05) is 0 Å². The van der Waals surface area contributed by atoms with Gasteiger partial charge >= 0.3 is 0 Å². The van der Waals surface area contributed by atoms with Gasteiger partial charge in [0.05, 0.1) is 6.20 Å². The molecule has 0 fully saturated rings. The third-order valence-corrected chi connectivity index (χ3v) is 6.40. The van der Waals surface area contributed by atoms with Gasteiger partial charge in [0, 0.05) is 47.4 Å². The molecule has 6 nitrogen and oxygen atoms in total. The van der Waals surface area contributed by atoms with Crippen molar-refractivity contribution in [1.29, 1.82) is 0 Å². The Kier molecular flexibility index (Phi) is 5.46. The number of rotatable bonds is 4. The maximum absolute atomic E-state index is 17.2. The topological polar surface area (TPSA) is 65.6 Å². The van der Waals surface area contributed by atoms with Crippen LogP contribution < -0.4 is 5.56 Å². The quantitative estimate of drug-likeness (QED) is 0.340. The second-order valence-corrected chi connectivity index (χ2v) is 8.84. The van der Waals surface area contributed by atoms with Crippen LogP contribution in [0.3, 0.4) is 0 Å². The molecule has 170 valence electrons. The molecular weight excluding hydrogens is 476 g/mol. The van der Waals surface area contributed by atoms with Gasteiger partial charge in [0.25, 0.3) is 5.56 Å². The number of hydrogen-bond donors (Lipinski definition) is 0. The molecule has 0 saturated heterocycles. The number of benzene rings is 2. The van der Waals surface area contributed by atoms with Crippen molar-refractivity contribution in [2.45, 2.75) is 5.67 Å². The summed E-state index contributed by atoms with van der Waals surface area (Å²) in [6.45, 7) is 0. The van der Waals surface area contributed by atoms with Gasteiger partial charge in [-0.2, -0.15) is 0 Å². The lowest BCUT2D eigenvalue weighted by atomic mass is 9.85. The third-order valence-electron chi connectivity index (χ3n) is 5.92. The van der Waals surface area contributed by atoms with Gasteiger partial charge in [-0.3, -0.25) is 9.36 Å². The third kappa shape index (κ3) is 3.57.